The lowest BCUT2D eigenvalue weighted by Crippen LogP contribution is -2.24. The Labute approximate surface area is 103 Å². The summed E-state index contributed by atoms with van der Waals surface area (Å²) < 4.78 is 0. The molecule has 17 heavy (non-hydrogen) atoms. The summed E-state index contributed by atoms with van der Waals surface area (Å²) in [4.78, 5) is 12.1. The highest BCUT2D eigenvalue weighted by molar-refractivity contribution is 5.81. The molecule has 3 rings (SSSR count). The van der Waals surface area contributed by atoms with Crippen LogP contribution >= 0.6 is 0 Å². The molecule has 2 bridgehead atoms. The van der Waals surface area contributed by atoms with Crippen LogP contribution in [0, 0.1) is 17.8 Å². The zero-order valence-electron chi connectivity index (χ0n) is 10.5. The molecule has 0 N–H and O–H groups in total. The maximum absolute atomic E-state index is 12.1. The summed E-state index contributed by atoms with van der Waals surface area (Å²) in [5, 5.41) is 0. The van der Waals surface area contributed by atoms with Gasteiger partial charge in [-0.3, -0.25) is 4.79 Å². The molecular weight excluding hydrogens is 208 g/mol. The van der Waals surface area contributed by atoms with E-state index < -0.39 is 0 Å². The first kappa shape index (κ1) is 11.0. The Balaban J connectivity index is 1.95. The van der Waals surface area contributed by atoms with Crippen molar-refractivity contribution in [2.75, 3.05) is 0 Å². The molecule has 0 aromatic heterocycles. The number of benzene rings is 1. The molecule has 1 aromatic carbocycles. The number of ketones is 1. The maximum atomic E-state index is 12.1. The van der Waals surface area contributed by atoms with Gasteiger partial charge in [0.05, 0.1) is 0 Å². The monoisotopic (exact) mass is 228 g/mol. The van der Waals surface area contributed by atoms with E-state index in [-0.39, 0.29) is 0 Å². The lowest BCUT2D eigenvalue weighted by Gasteiger charge is -2.19. The standard InChI is InChI=1S/C16H20O/c1-2-15(17)16-13-7-8-14(16)10-12-6-4-3-5-11(12)9-13/h3-6,13-14,16H,2,7-10H2,1H3. The lowest BCUT2D eigenvalue weighted by atomic mass is 9.83. The highest BCUT2D eigenvalue weighted by Crippen LogP contribution is 2.45. The minimum atomic E-state index is 0.354. The van der Waals surface area contributed by atoms with Gasteiger partial charge in [-0.05, 0) is 48.6 Å². The van der Waals surface area contributed by atoms with E-state index in [1.54, 1.807) is 0 Å². The molecule has 1 aromatic rings. The quantitative estimate of drug-likeness (QED) is 0.758. The fourth-order valence-electron chi connectivity index (χ4n) is 3.91. The molecule has 0 amide bonds. The molecule has 2 aliphatic rings. The Morgan fingerprint density at radius 2 is 1.65 bits per heavy atom. The molecule has 2 atom stereocenters. The van der Waals surface area contributed by atoms with Gasteiger partial charge in [-0.2, -0.15) is 0 Å². The first-order valence-electron chi connectivity index (χ1n) is 6.89. The van der Waals surface area contributed by atoms with Crippen LogP contribution in [-0.4, -0.2) is 5.78 Å². The summed E-state index contributed by atoms with van der Waals surface area (Å²) in [5.41, 5.74) is 2.99. The van der Waals surface area contributed by atoms with Gasteiger partial charge < -0.3 is 0 Å². The first-order chi connectivity index (χ1) is 8.29. The molecule has 90 valence electrons. The van der Waals surface area contributed by atoms with Crippen molar-refractivity contribution in [3.05, 3.63) is 35.4 Å². The molecule has 1 fully saturated rings. The predicted molar refractivity (Wildman–Crippen MR) is 68.9 cm³/mol. The van der Waals surface area contributed by atoms with Crippen LogP contribution in [-0.2, 0) is 17.6 Å². The van der Waals surface area contributed by atoms with Gasteiger partial charge in [0.25, 0.3) is 0 Å². The highest BCUT2D eigenvalue weighted by atomic mass is 16.1. The van der Waals surface area contributed by atoms with E-state index in [1.165, 1.54) is 24.0 Å². The summed E-state index contributed by atoms with van der Waals surface area (Å²) in [5.74, 6) is 2.10. The van der Waals surface area contributed by atoms with Crippen LogP contribution in [0.2, 0.25) is 0 Å². The van der Waals surface area contributed by atoms with Gasteiger partial charge in [-0.1, -0.05) is 31.2 Å². The summed E-state index contributed by atoms with van der Waals surface area (Å²) in [6, 6.07) is 8.77. The van der Waals surface area contributed by atoms with E-state index in [0.717, 1.165) is 12.8 Å². The summed E-state index contributed by atoms with van der Waals surface area (Å²) >= 11 is 0. The Morgan fingerprint density at radius 1 is 1.12 bits per heavy atom. The molecule has 0 heterocycles. The maximum Gasteiger partial charge on any atom is 0.136 e. The van der Waals surface area contributed by atoms with E-state index >= 15 is 0 Å². The van der Waals surface area contributed by atoms with Crippen molar-refractivity contribution in [3.8, 4) is 0 Å². The zero-order chi connectivity index (χ0) is 11.8. The lowest BCUT2D eigenvalue weighted by molar-refractivity contribution is -0.124. The van der Waals surface area contributed by atoms with Gasteiger partial charge in [0.1, 0.15) is 5.78 Å². The third-order valence-electron chi connectivity index (χ3n) is 4.73. The van der Waals surface area contributed by atoms with Crippen LogP contribution < -0.4 is 0 Å². The number of hydrogen-bond donors (Lipinski definition) is 0. The van der Waals surface area contributed by atoms with Crippen LogP contribution in [0.3, 0.4) is 0 Å². The molecule has 0 radical (unpaired) electrons. The van der Waals surface area contributed by atoms with Gasteiger partial charge in [0, 0.05) is 12.3 Å². The molecule has 0 aliphatic heterocycles. The third-order valence-corrected chi connectivity index (χ3v) is 4.73. The Morgan fingerprint density at radius 3 is 2.12 bits per heavy atom. The number of carbonyl (C=O) groups excluding carboxylic acids is 1. The van der Waals surface area contributed by atoms with Crippen LogP contribution in [0.4, 0.5) is 0 Å². The zero-order valence-corrected chi connectivity index (χ0v) is 10.5. The van der Waals surface area contributed by atoms with E-state index in [0.29, 0.717) is 30.0 Å². The van der Waals surface area contributed by atoms with E-state index in [4.69, 9.17) is 0 Å². The normalized spacial score (nSPS) is 30.8. The Kier molecular flexibility index (Phi) is 2.78. The van der Waals surface area contributed by atoms with Crippen LogP contribution in [0.25, 0.3) is 0 Å². The van der Waals surface area contributed by atoms with Gasteiger partial charge in [-0.15, -0.1) is 0 Å². The van der Waals surface area contributed by atoms with Crippen molar-refractivity contribution >= 4 is 5.78 Å². The second-order valence-corrected chi connectivity index (χ2v) is 5.62. The smallest absolute Gasteiger partial charge is 0.136 e. The fourth-order valence-corrected chi connectivity index (χ4v) is 3.91. The molecule has 0 saturated heterocycles. The van der Waals surface area contributed by atoms with Crippen LogP contribution in [0.5, 0.6) is 0 Å². The number of hydrogen-bond acceptors (Lipinski definition) is 1. The number of fused-ring (bicyclic) bond motifs is 3. The Bertz CT molecular complexity index is 402. The SMILES string of the molecule is CCC(=O)C1C2CCC1Cc1ccccc1C2. The fraction of sp³-hybridized carbons (Fsp3) is 0.562. The third kappa shape index (κ3) is 1.82. The minimum absolute atomic E-state index is 0.354. The average Bonchev–Trinajstić information content (AvgIpc) is 2.64. The predicted octanol–water partition coefficient (Wildman–Crippen LogP) is 3.41. The van der Waals surface area contributed by atoms with Crippen molar-refractivity contribution in [1.82, 2.24) is 0 Å². The summed E-state index contributed by atoms with van der Waals surface area (Å²) in [6.07, 6.45) is 5.49. The highest BCUT2D eigenvalue weighted by Gasteiger charge is 2.41. The number of Topliss-reactive ketones (excluding diaryl/α,β-unsaturated/α-hetero) is 1. The van der Waals surface area contributed by atoms with E-state index in [9.17, 15) is 4.79 Å². The van der Waals surface area contributed by atoms with Crippen molar-refractivity contribution in [1.29, 1.82) is 0 Å². The molecule has 1 saturated carbocycles. The number of carbonyl (C=O) groups is 1. The van der Waals surface area contributed by atoms with Gasteiger partial charge in [0.2, 0.25) is 0 Å². The van der Waals surface area contributed by atoms with Crippen molar-refractivity contribution in [2.45, 2.75) is 39.0 Å². The van der Waals surface area contributed by atoms with Crippen LogP contribution in [0.1, 0.15) is 37.3 Å². The average molecular weight is 228 g/mol. The minimum Gasteiger partial charge on any atom is -0.299 e. The molecule has 1 heteroatoms. The molecule has 1 nitrogen and oxygen atoms in total. The first-order valence-corrected chi connectivity index (χ1v) is 6.89. The molecule has 2 unspecified atom stereocenters. The van der Waals surface area contributed by atoms with Gasteiger partial charge in [0.15, 0.2) is 0 Å². The Hall–Kier alpha value is -1.11. The van der Waals surface area contributed by atoms with E-state index in [2.05, 4.69) is 24.3 Å². The van der Waals surface area contributed by atoms with Gasteiger partial charge in [-0.25, -0.2) is 0 Å². The summed E-state index contributed by atoms with van der Waals surface area (Å²) in [6.45, 7) is 2.01. The topological polar surface area (TPSA) is 17.1 Å². The van der Waals surface area contributed by atoms with Crippen molar-refractivity contribution in [2.24, 2.45) is 17.8 Å². The van der Waals surface area contributed by atoms with Gasteiger partial charge >= 0.3 is 0 Å². The van der Waals surface area contributed by atoms with Crippen molar-refractivity contribution in [3.63, 3.8) is 0 Å². The molecule has 2 aliphatic carbocycles. The second-order valence-electron chi connectivity index (χ2n) is 5.62. The molecule has 0 spiro atoms. The largest absolute Gasteiger partial charge is 0.299 e. The van der Waals surface area contributed by atoms with Crippen molar-refractivity contribution < 1.29 is 4.79 Å². The summed E-state index contributed by atoms with van der Waals surface area (Å²) in [7, 11) is 0. The number of rotatable bonds is 2. The van der Waals surface area contributed by atoms with E-state index in [1.807, 2.05) is 6.92 Å². The molecular formula is C16H20O. The van der Waals surface area contributed by atoms with Crippen LogP contribution in [0.15, 0.2) is 24.3 Å². The second kappa shape index (κ2) is 4.29.